The van der Waals surface area contributed by atoms with Crippen LogP contribution in [-0.4, -0.2) is 12.6 Å². The lowest BCUT2D eigenvalue weighted by molar-refractivity contribution is 0.590. The van der Waals surface area contributed by atoms with E-state index < -0.39 is 0 Å². The summed E-state index contributed by atoms with van der Waals surface area (Å²) in [5, 5.41) is 3.33. The summed E-state index contributed by atoms with van der Waals surface area (Å²) in [6, 6.07) is 5.20. The van der Waals surface area contributed by atoms with E-state index in [-0.39, 0.29) is 11.9 Å². The van der Waals surface area contributed by atoms with Crippen molar-refractivity contribution in [3.8, 4) is 0 Å². The number of unbranched alkanes of at least 4 members (excludes halogenated alkanes) is 2. The first kappa shape index (κ1) is 14.5. The molecule has 1 rings (SSSR count). The second-order valence-electron chi connectivity index (χ2n) is 4.20. The molecule has 2 nitrogen and oxygen atoms in total. The Morgan fingerprint density at radius 3 is 2.76 bits per heavy atom. The predicted octanol–water partition coefficient (Wildman–Crippen LogP) is 3.91. The van der Waals surface area contributed by atoms with Crippen LogP contribution in [0.4, 0.5) is 10.1 Å². The molecule has 17 heavy (non-hydrogen) atoms. The fraction of sp³-hybridized carbons (Fsp3) is 0.538. The van der Waals surface area contributed by atoms with Crippen LogP contribution >= 0.6 is 15.9 Å². The molecule has 0 saturated carbocycles. The third kappa shape index (κ3) is 5.04. The van der Waals surface area contributed by atoms with Gasteiger partial charge in [0.25, 0.3) is 0 Å². The van der Waals surface area contributed by atoms with E-state index in [9.17, 15) is 4.39 Å². The number of nitrogens with one attached hydrogen (secondary N) is 1. The van der Waals surface area contributed by atoms with E-state index in [0.717, 1.165) is 12.1 Å². The third-order valence-electron chi connectivity index (χ3n) is 2.73. The van der Waals surface area contributed by atoms with Crippen molar-refractivity contribution in [1.29, 1.82) is 0 Å². The first-order valence-electron chi connectivity index (χ1n) is 6.09. The van der Waals surface area contributed by atoms with Crippen LogP contribution in [0.15, 0.2) is 22.7 Å². The monoisotopic (exact) mass is 302 g/mol. The summed E-state index contributed by atoms with van der Waals surface area (Å²) in [7, 11) is 0. The summed E-state index contributed by atoms with van der Waals surface area (Å²) in [5.74, 6) is -0.245. The second kappa shape index (κ2) is 7.67. The van der Waals surface area contributed by atoms with Gasteiger partial charge in [0, 0.05) is 18.3 Å². The molecule has 0 fully saturated rings. The first-order valence-corrected chi connectivity index (χ1v) is 6.88. The summed E-state index contributed by atoms with van der Waals surface area (Å²) in [4.78, 5) is 0. The summed E-state index contributed by atoms with van der Waals surface area (Å²) in [6.45, 7) is 2.78. The molecule has 0 aliphatic carbocycles. The average Bonchev–Trinajstić information content (AvgIpc) is 2.32. The number of nitrogens with two attached hydrogens (primary N) is 1. The fourth-order valence-electron chi connectivity index (χ4n) is 1.71. The molecule has 3 N–H and O–H groups in total. The molecule has 0 amide bonds. The van der Waals surface area contributed by atoms with E-state index in [1.54, 1.807) is 12.1 Å². The Bertz CT molecular complexity index is 344. The van der Waals surface area contributed by atoms with Gasteiger partial charge in [-0.1, -0.05) is 26.2 Å². The molecule has 0 aromatic heterocycles. The molecule has 4 heteroatoms. The van der Waals surface area contributed by atoms with Gasteiger partial charge in [-0.2, -0.15) is 0 Å². The largest absolute Gasteiger partial charge is 0.381 e. The van der Waals surface area contributed by atoms with Gasteiger partial charge in [-0.25, -0.2) is 4.39 Å². The van der Waals surface area contributed by atoms with Crippen molar-refractivity contribution < 1.29 is 4.39 Å². The van der Waals surface area contributed by atoms with E-state index in [4.69, 9.17) is 5.73 Å². The molecule has 1 atom stereocenters. The number of halogens is 2. The molecule has 0 spiro atoms. The SMILES string of the molecule is CCCCCC(CN)Nc1ccc(F)c(Br)c1. The maximum atomic E-state index is 13.1. The molecule has 0 aliphatic rings. The molecule has 96 valence electrons. The summed E-state index contributed by atoms with van der Waals surface area (Å²) in [5.41, 5.74) is 6.63. The van der Waals surface area contributed by atoms with E-state index in [2.05, 4.69) is 28.2 Å². The zero-order valence-electron chi connectivity index (χ0n) is 10.2. The summed E-state index contributed by atoms with van der Waals surface area (Å²) in [6.07, 6.45) is 4.66. The summed E-state index contributed by atoms with van der Waals surface area (Å²) < 4.78 is 13.5. The second-order valence-corrected chi connectivity index (χ2v) is 5.06. The number of hydrogen-bond donors (Lipinski definition) is 2. The molecule has 0 bridgehead atoms. The predicted molar refractivity (Wildman–Crippen MR) is 74.7 cm³/mol. The van der Waals surface area contributed by atoms with Gasteiger partial charge < -0.3 is 11.1 Å². The molecule has 0 heterocycles. The third-order valence-corrected chi connectivity index (χ3v) is 3.34. The van der Waals surface area contributed by atoms with E-state index in [1.165, 1.54) is 25.3 Å². The van der Waals surface area contributed by atoms with Crippen molar-refractivity contribution in [3.63, 3.8) is 0 Å². The van der Waals surface area contributed by atoms with Gasteiger partial charge in [0.05, 0.1) is 4.47 Å². The van der Waals surface area contributed by atoms with Gasteiger partial charge in [-0.05, 0) is 40.5 Å². The lowest BCUT2D eigenvalue weighted by Crippen LogP contribution is -2.28. The molecule has 1 unspecified atom stereocenters. The highest BCUT2D eigenvalue weighted by Gasteiger charge is 2.07. The minimum atomic E-state index is -0.245. The van der Waals surface area contributed by atoms with Gasteiger partial charge in [0.15, 0.2) is 0 Å². The van der Waals surface area contributed by atoms with Gasteiger partial charge in [-0.15, -0.1) is 0 Å². The zero-order chi connectivity index (χ0) is 12.7. The Morgan fingerprint density at radius 2 is 2.18 bits per heavy atom. The highest BCUT2D eigenvalue weighted by molar-refractivity contribution is 9.10. The Morgan fingerprint density at radius 1 is 1.41 bits per heavy atom. The van der Waals surface area contributed by atoms with Gasteiger partial charge >= 0.3 is 0 Å². The minimum absolute atomic E-state index is 0.245. The maximum absolute atomic E-state index is 13.1. The molecule has 0 saturated heterocycles. The minimum Gasteiger partial charge on any atom is -0.381 e. The van der Waals surface area contributed by atoms with Gasteiger partial charge in [0.1, 0.15) is 5.82 Å². The Balaban J connectivity index is 2.51. The van der Waals surface area contributed by atoms with Crippen LogP contribution in [-0.2, 0) is 0 Å². The number of hydrogen-bond acceptors (Lipinski definition) is 2. The van der Waals surface area contributed by atoms with Gasteiger partial charge in [-0.3, -0.25) is 0 Å². The fourth-order valence-corrected chi connectivity index (χ4v) is 2.09. The molecule has 0 radical (unpaired) electrons. The lowest BCUT2D eigenvalue weighted by atomic mass is 10.1. The van der Waals surface area contributed by atoms with Crippen LogP contribution in [0.5, 0.6) is 0 Å². The molecule has 0 aliphatic heterocycles. The van der Waals surface area contributed by atoms with Crippen molar-refractivity contribution in [2.75, 3.05) is 11.9 Å². The van der Waals surface area contributed by atoms with Crippen molar-refractivity contribution in [2.45, 2.75) is 38.6 Å². The molecule has 1 aromatic rings. The quantitative estimate of drug-likeness (QED) is 0.750. The van der Waals surface area contributed by atoms with E-state index in [0.29, 0.717) is 11.0 Å². The number of rotatable bonds is 7. The first-order chi connectivity index (χ1) is 8.17. The molecular weight excluding hydrogens is 283 g/mol. The molecular formula is C13H20BrFN2. The molecule has 1 aromatic carbocycles. The van der Waals surface area contributed by atoms with Gasteiger partial charge in [0.2, 0.25) is 0 Å². The normalized spacial score (nSPS) is 12.5. The maximum Gasteiger partial charge on any atom is 0.137 e. The van der Waals surface area contributed by atoms with Crippen LogP contribution in [0.1, 0.15) is 32.6 Å². The van der Waals surface area contributed by atoms with Crippen molar-refractivity contribution in [1.82, 2.24) is 0 Å². The van der Waals surface area contributed by atoms with Crippen molar-refractivity contribution in [3.05, 3.63) is 28.5 Å². The highest BCUT2D eigenvalue weighted by atomic mass is 79.9. The highest BCUT2D eigenvalue weighted by Crippen LogP contribution is 2.21. The standard InChI is InChI=1S/C13H20BrFN2/c1-2-3-4-5-11(9-16)17-10-6-7-13(15)12(14)8-10/h6-8,11,17H,2-5,9,16H2,1H3. The van der Waals surface area contributed by atoms with Crippen LogP contribution in [0, 0.1) is 5.82 Å². The van der Waals surface area contributed by atoms with Crippen LogP contribution in [0.25, 0.3) is 0 Å². The number of benzene rings is 1. The van der Waals surface area contributed by atoms with Crippen LogP contribution < -0.4 is 11.1 Å². The zero-order valence-corrected chi connectivity index (χ0v) is 11.8. The number of anilines is 1. The Kier molecular flexibility index (Phi) is 6.52. The van der Waals surface area contributed by atoms with E-state index >= 15 is 0 Å². The topological polar surface area (TPSA) is 38.0 Å². The average molecular weight is 303 g/mol. The Hall–Kier alpha value is -0.610. The van der Waals surface area contributed by atoms with Crippen LogP contribution in [0.3, 0.4) is 0 Å². The smallest absolute Gasteiger partial charge is 0.137 e. The van der Waals surface area contributed by atoms with E-state index in [1.807, 2.05) is 0 Å². The van der Waals surface area contributed by atoms with Crippen molar-refractivity contribution >= 4 is 21.6 Å². The van der Waals surface area contributed by atoms with Crippen molar-refractivity contribution in [2.24, 2.45) is 5.73 Å². The summed E-state index contributed by atoms with van der Waals surface area (Å²) >= 11 is 3.18. The Labute approximate surface area is 111 Å². The van der Waals surface area contributed by atoms with Crippen LogP contribution in [0.2, 0.25) is 0 Å². The lowest BCUT2D eigenvalue weighted by Gasteiger charge is -2.18.